The number of benzene rings is 1. The van der Waals surface area contributed by atoms with E-state index in [0.29, 0.717) is 34.9 Å². The number of aromatic amines is 1. The predicted octanol–water partition coefficient (Wildman–Crippen LogP) is 1.13. The van der Waals surface area contributed by atoms with Gasteiger partial charge in [-0.05, 0) is 18.6 Å². The lowest BCUT2D eigenvalue weighted by molar-refractivity contribution is -0.434. The molecular weight excluding hydrogens is 325 g/mol. The first-order valence-electron chi connectivity index (χ1n) is 7.84. The molecule has 0 saturated carbocycles. The van der Waals surface area contributed by atoms with Gasteiger partial charge in [-0.2, -0.15) is 4.99 Å². The molecule has 2 aromatic heterocycles. The highest BCUT2D eigenvalue weighted by Crippen LogP contribution is 2.24. The van der Waals surface area contributed by atoms with Crippen LogP contribution < -0.4 is 10.6 Å². The van der Waals surface area contributed by atoms with Crippen LogP contribution in [0, 0.1) is 5.82 Å². The summed E-state index contributed by atoms with van der Waals surface area (Å²) in [5.41, 5.74) is 1.58. The zero-order valence-corrected chi connectivity index (χ0v) is 13.3. The van der Waals surface area contributed by atoms with Gasteiger partial charge in [-0.15, -0.1) is 0 Å². The number of nitrogens with zero attached hydrogens (tertiary/aromatic N) is 4. The number of H-pyrrole nitrogens is 1. The molecule has 0 fully saturated rings. The van der Waals surface area contributed by atoms with Gasteiger partial charge < -0.3 is 10.3 Å². The SMILES string of the molecule is CCC(Nc1ncnc2nc[nH]c12)C1=Nc2cccc(F)c2C(=O)[NH2+]1. The first-order chi connectivity index (χ1) is 12.2. The molecule has 8 nitrogen and oxygen atoms in total. The monoisotopic (exact) mass is 340 g/mol. The Bertz CT molecular complexity index is 997. The van der Waals surface area contributed by atoms with Crippen LogP contribution in [-0.2, 0) is 0 Å². The Balaban J connectivity index is 1.70. The number of hydrogen-bond acceptors (Lipinski definition) is 6. The van der Waals surface area contributed by atoms with Gasteiger partial charge in [0.2, 0.25) is 5.84 Å². The highest BCUT2D eigenvalue weighted by molar-refractivity contribution is 6.03. The summed E-state index contributed by atoms with van der Waals surface area (Å²) in [4.78, 5) is 32.2. The normalized spacial score (nSPS) is 15.0. The minimum atomic E-state index is -0.558. The number of fused-ring (bicyclic) bond motifs is 2. The molecule has 25 heavy (non-hydrogen) atoms. The van der Waals surface area contributed by atoms with Crippen LogP contribution in [0.4, 0.5) is 15.9 Å². The van der Waals surface area contributed by atoms with Crippen LogP contribution >= 0.6 is 0 Å². The predicted molar refractivity (Wildman–Crippen MR) is 89.1 cm³/mol. The second-order valence-electron chi connectivity index (χ2n) is 5.61. The summed E-state index contributed by atoms with van der Waals surface area (Å²) in [6, 6.07) is 4.17. The highest BCUT2D eigenvalue weighted by Gasteiger charge is 2.32. The third kappa shape index (κ3) is 2.64. The van der Waals surface area contributed by atoms with E-state index in [0.717, 1.165) is 0 Å². The van der Waals surface area contributed by atoms with Gasteiger partial charge >= 0.3 is 5.91 Å². The number of nitrogens with two attached hydrogens (primary N) is 1. The quantitative estimate of drug-likeness (QED) is 0.659. The fourth-order valence-corrected chi connectivity index (χ4v) is 2.83. The summed E-state index contributed by atoms with van der Waals surface area (Å²) in [6.45, 7) is 1.96. The largest absolute Gasteiger partial charge is 0.355 e. The first-order valence-corrected chi connectivity index (χ1v) is 7.84. The van der Waals surface area contributed by atoms with Crippen LogP contribution in [0.25, 0.3) is 11.2 Å². The van der Waals surface area contributed by atoms with E-state index in [9.17, 15) is 9.18 Å². The lowest BCUT2D eigenvalue weighted by Crippen LogP contribution is -2.94. The zero-order valence-electron chi connectivity index (χ0n) is 13.3. The van der Waals surface area contributed by atoms with Crippen molar-refractivity contribution in [1.29, 1.82) is 0 Å². The van der Waals surface area contributed by atoms with Crippen molar-refractivity contribution in [2.75, 3.05) is 5.32 Å². The summed E-state index contributed by atoms with van der Waals surface area (Å²) in [5.74, 6) is 0.171. The Morgan fingerprint density at radius 1 is 1.32 bits per heavy atom. The van der Waals surface area contributed by atoms with Crippen molar-refractivity contribution < 1.29 is 14.5 Å². The Morgan fingerprint density at radius 3 is 3.04 bits per heavy atom. The molecule has 4 N–H and O–H groups in total. The molecule has 1 atom stereocenters. The van der Waals surface area contributed by atoms with Crippen molar-refractivity contribution in [1.82, 2.24) is 19.9 Å². The minimum absolute atomic E-state index is 0.0131. The van der Waals surface area contributed by atoms with E-state index in [4.69, 9.17) is 0 Å². The van der Waals surface area contributed by atoms with E-state index in [1.807, 2.05) is 6.92 Å². The molecule has 1 amide bonds. The Hall–Kier alpha value is -3.20. The molecule has 1 unspecified atom stereocenters. The maximum Gasteiger partial charge on any atom is 0.353 e. The Labute approximate surface area is 141 Å². The Kier molecular flexibility index (Phi) is 3.69. The average Bonchev–Trinajstić information content (AvgIpc) is 3.08. The van der Waals surface area contributed by atoms with Crippen LogP contribution in [0.5, 0.6) is 0 Å². The molecule has 0 aliphatic carbocycles. The van der Waals surface area contributed by atoms with E-state index in [2.05, 4.69) is 30.2 Å². The topological polar surface area (TPSA) is 113 Å². The number of anilines is 1. The zero-order chi connectivity index (χ0) is 17.4. The molecule has 3 heterocycles. The summed E-state index contributed by atoms with van der Waals surface area (Å²) in [7, 11) is 0. The number of halogens is 1. The van der Waals surface area contributed by atoms with E-state index < -0.39 is 5.82 Å². The van der Waals surface area contributed by atoms with Gasteiger partial charge in [-0.1, -0.05) is 13.0 Å². The van der Waals surface area contributed by atoms with Crippen LogP contribution in [0.1, 0.15) is 23.7 Å². The summed E-state index contributed by atoms with van der Waals surface area (Å²) < 4.78 is 13.9. The maximum absolute atomic E-state index is 13.9. The second-order valence-corrected chi connectivity index (χ2v) is 5.61. The number of hydrogen-bond donors (Lipinski definition) is 3. The lowest BCUT2D eigenvalue weighted by atomic mass is 10.1. The number of rotatable bonds is 4. The summed E-state index contributed by atoms with van der Waals surface area (Å²) in [6.07, 6.45) is 3.62. The minimum Gasteiger partial charge on any atom is -0.355 e. The van der Waals surface area contributed by atoms with Gasteiger partial charge in [0.25, 0.3) is 0 Å². The van der Waals surface area contributed by atoms with Gasteiger partial charge in [0.1, 0.15) is 29.3 Å². The molecule has 1 aliphatic heterocycles. The van der Waals surface area contributed by atoms with Crippen molar-refractivity contribution in [2.45, 2.75) is 19.4 Å². The number of primary amides is 1. The third-order valence-electron chi connectivity index (χ3n) is 4.07. The van der Waals surface area contributed by atoms with Gasteiger partial charge in [0, 0.05) is 0 Å². The number of quaternary nitrogens is 1. The number of carbonyl (C=O) groups is 1. The second kappa shape index (κ2) is 6.02. The number of aliphatic imine (C=N–C) groups is 1. The molecule has 0 saturated heterocycles. The van der Waals surface area contributed by atoms with Crippen LogP contribution in [-0.4, -0.2) is 37.7 Å². The molecule has 0 spiro atoms. The molecule has 1 aromatic carbocycles. The summed E-state index contributed by atoms with van der Waals surface area (Å²) >= 11 is 0. The number of imidazole rings is 1. The van der Waals surface area contributed by atoms with Crippen molar-refractivity contribution in [3.05, 3.63) is 42.2 Å². The molecule has 1 aliphatic rings. The molecule has 0 radical (unpaired) electrons. The van der Waals surface area contributed by atoms with E-state index in [1.165, 1.54) is 24.0 Å². The van der Waals surface area contributed by atoms with Crippen LogP contribution in [0.3, 0.4) is 0 Å². The highest BCUT2D eigenvalue weighted by atomic mass is 19.1. The molecular formula is C16H15FN7O+. The number of amidine groups is 1. The first kappa shape index (κ1) is 15.3. The number of nitrogens with one attached hydrogen (secondary N) is 2. The fraction of sp³-hybridized carbons (Fsp3) is 0.188. The van der Waals surface area contributed by atoms with Gasteiger partial charge in [0.05, 0.1) is 12.0 Å². The maximum atomic E-state index is 13.9. The smallest absolute Gasteiger partial charge is 0.353 e. The van der Waals surface area contributed by atoms with Crippen molar-refractivity contribution in [2.24, 2.45) is 4.99 Å². The number of amides is 1. The third-order valence-corrected chi connectivity index (χ3v) is 4.07. The molecule has 0 bridgehead atoms. The number of aromatic nitrogens is 4. The molecule has 126 valence electrons. The molecule has 9 heteroatoms. The van der Waals surface area contributed by atoms with Crippen LogP contribution in [0.2, 0.25) is 0 Å². The van der Waals surface area contributed by atoms with Crippen molar-refractivity contribution >= 4 is 34.4 Å². The standard InChI is InChI=1S/C16H14FN7O/c1-2-9(22-15-12-14(19-6-18-12)20-7-21-15)13-23-10-5-3-4-8(17)11(10)16(25)24-13/h3-7,9H,2H2,1H3,(H,23,24,25)(H2,18,19,20,21,22)/p+1. The van der Waals surface area contributed by atoms with Gasteiger partial charge in [0.15, 0.2) is 11.5 Å². The number of carbonyl (C=O) groups excluding carboxylic acids is 1. The fourth-order valence-electron chi connectivity index (χ4n) is 2.83. The molecule has 4 rings (SSSR count). The van der Waals surface area contributed by atoms with E-state index >= 15 is 0 Å². The van der Waals surface area contributed by atoms with Gasteiger partial charge in [-0.25, -0.2) is 29.5 Å². The summed E-state index contributed by atoms with van der Waals surface area (Å²) in [5, 5.41) is 4.64. The van der Waals surface area contributed by atoms with E-state index in [-0.39, 0.29) is 17.5 Å². The Morgan fingerprint density at radius 2 is 2.20 bits per heavy atom. The molecule has 3 aromatic rings. The van der Waals surface area contributed by atoms with Crippen LogP contribution in [0.15, 0.2) is 35.8 Å². The lowest BCUT2D eigenvalue weighted by Gasteiger charge is -2.20. The van der Waals surface area contributed by atoms with Crippen molar-refractivity contribution in [3.63, 3.8) is 0 Å². The van der Waals surface area contributed by atoms with E-state index in [1.54, 1.807) is 12.1 Å². The average molecular weight is 340 g/mol. The van der Waals surface area contributed by atoms with Gasteiger partial charge in [-0.3, -0.25) is 0 Å². The van der Waals surface area contributed by atoms with Crippen molar-refractivity contribution in [3.8, 4) is 0 Å².